The Balaban J connectivity index is 2.22. The molecule has 0 amide bonds. The fraction of sp³-hybridized carbons (Fsp3) is 0.158. The van der Waals surface area contributed by atoms with Crippen LogP contribution in [0.1, 0.15) is 12.5 Å². The van der Waals surface area contributed by atoms with Crippen LogP contribution in [0.15, 0.2) is 60.4 Å². The number of halogens is 4. The maximum absolute atomic E-state index is 5.94. The third-order valence-electron chi connectivity index (χ3n) is 3.86. The van der Waals surface area contributed by atoms with Gasteiger partial charge < -0.3 is 5.73 Å². The standard InChI is InChI=1S/C19H15Br4N/c1-10(24)6-11-2-4-13-14(7-11)18(22)9-16(19(13)23)15-8-12(20)3-5-17(15)21/h2-5,7-10H,6,24H2,1H3. The van der Waals surface area contributed by atoms with Crippen LogP contribution in [0.25, 0.3) is 21.9 Å². The van der Waals surface area contributed by atoms with E-state index in [-0.39, 0.29) is 6.04 Å². The van der Waals surface area contributed by atoms with Crippen molar-refractivity contribution in [2.24, 2.45) is 5.73 Å². The first-order chi connectivity index (χ1) is 11.4. The molecule has 0 aliphatic carbocycles. The highest BCUT2D eigenvalue weighted by molar-refractivity contribution is 9.11. The van der Waals surface area contributed by atoms with Crippen molar-refractivity contribution in [2.45, 2.75) is 19.4 Å². The molecule has 1 unspecified atom stereocenters. The number of hydrogen-bond donors (Lipinski definition) is 1. The molecular formula is C19H15Br4N. The zero-order valence-electron chi connectivity index (χ0n) is 12.9. The minimum absolute atomic E-state index is 0.154. The second-order valence-electron chi connectivity index (χ2n) is 5.91. The fourth-order valence-electron chi connectivity index (χ4n) is 2.79. The second kappa shape index (κ2) is 7.58. The van der Waals surface area contributed by atoms with Crippen LogP contribution in [0.4, 0.5) is 0 Å². The topological polar surface area (TPSA) is 26.0 Å². The Morgan fingerprint density at radius 1 is 0.833 bits per heavy atom. The molecular weight excluding hydrogens is 562 g/mol. The van der Waals surface area contributed by atoms with E-state index in [1.807, 2.05) is 13.0 Å². The van der Waals surface area contributed by atoms with E-state index in [9.17, 15) is 0 Å². The van der Waals surface area contributed by atoms with Gasteiger partial charge in [0.2, 0.25) is 0 Å². The van der Waals surface area contributed by atoms with Gasteiger partial charge in [-0.15, -0.1) is 0 Å². The minimum Gasteiger partial charge on any atom is -0.328 e. The van der Waals surface area contributed by atoms with Gasteiger partial charge >= 0.3 is 0 Å². The monoisotopic (exact) mass is 573 g/mol. The molecule has 0 fully saturated rings. The summed E-state index contributed by atoms with van der Waals surface area (Å²) in [7, 11) is 0. The normalized spacial score (nSPS) is 12.6. The van der Waals surface area contributed by atoms with Gasteiger partial charge in [-0.25, -0.2) is 0 Å². The SMILES string of the molecule is CC(N)Cc1ccc2c(Br)c(-c3cc(Br)ccc3Br)cc(Br)c2c1. The number of rotatable bonds is 3. The molecule has 0 aromatic heterocycles. The summed E-state index contributed by atoms with van der Waals surface area (Å²) < 4.78 is 4.28. The minimum atomic E-state index is 0.154. The Labute approximate surface area is 175 Å². The number of nitrogens with two attached hydrogens (primary N) is 1. The Kier molecular flexibility index (Phi) is 5.87. The molecule has 1 nitrogen and oxygen atoms in total. The van der Waals surface area contributed by atoms with E-state index in [1.165, 1.54) is 16.3 Å². The fourth-order valence-corrected chi connectivity index (χ4v) is 4.84. The van der Waals surface area contributed by atoms with Crippen molar-refractivity contribution in [1.29, 1.82) is 0 Å². The third-order valence-corrected chi connectivity index (χ3v) is 6.56. The van der Waals surface area contributed by atoms with Crippen LogP contribution in [0.2, 0.25) is 0 Å². The largest absolute Gasteiger partial charge is 0.328 e. The quantitative estimate of drug-likeness (QED) is 0.344. The van der Waals surface area contributed by atoms with E-state index in [0.29, 0.717) is 0 Å². The zero-order chi connectivity index (χ0) is 17.4. The van der Waals surface area contributed by atoms with E-state index in [2.05, 4.69) is 100 Å². The van der Waals surface area contributed by atoms with Gasteiger partial charge in [0.05, 0.1) is 0 Å². The lowest BCUT2D eigenvalue weighted by Gasteiger charge is -2.14. The smallest absolute Gasteiger partial charge is 0.0333 e. The molecule has 5 heteroatoms. The van der Waals surface area contributed by atoms with Gasteiger partial charge in [-0.1, -0.05) is 59.9 Å². The van der Waals surface area contributed by atoms with Gasteiger partial charge in [-0.2, -0.15) is 0 Å². The average molecular weight is 577 g/mol. The molecule has 3 rings (SSSR count). The van der Waals surface area contributed by atoms with Crippen molar-refractivity contribution >= 4 is 74.5 Å². The Hall–Kier alpha value is -0.200. The van der Waals surface area contributed by atoms with Gasteiger partial charge in [0, 0.05) is 23.9 Å². The molecule has 124 valence electrons. The van der Waals surface area contributed by atoms with Crippen molar-refractivity contribution in [3.63, 3.8) is 0 Å². The van der Waals surface area contributed by atoms with Crippen LogP contribution >= 0.6 is 63.7 Å². The summed E-state index contributed by atoms with van der Waals surface area (Å²) in [6.45, 7) is 2.03. The summed E-state index contributed by atoms with van der Waals surface area (Å²) in [6.07, 6.45) is 0.874. The molecule has 0 saturated carbocycles. The molecule has 1 atom stereocenters. The molecule has 24 heavy (non-hydrogen) atoms. The molecule has 0 radical (unpaired) electrons. The molecule has 0 saturated heterocycles. The lowest BCUT2D eigenvalue weighted by atomic mass is 9.98. The lowest BCUT2D eigenvalue weighted by molar-refractivity contribution is 0.739. The first-order valence-corrected chi connectivity index (χ1v) is 10.7. The van der Waals surface area contributed by atoms with E-state index in [1.54, 1.807) is 0 Å². The molecule has 0 aliphatic heterocycles. The Morgan fingerprint density at radius 2 is 1.58 bits per heavy atom. The number of fused-ring (bicyclic) bond motifs is 1. The highest BCUT2D eigenvalue weighted by Gasteiger charge is 2.14. The van der Waals surface area contributed by atoms with E-state index < -0.39 is 0 Å². The van der Waals surface area contributed by atoms with Crippen LogP contribution in [-0.2, 0) is 6.42 Å². The van der Waals surface area contributed by atoms with Crippen molar-refractivity contribution in [3.05, 3.63) is 65.9 Å². The van der Waals surface area contributed by atoms with Crippen molar-refractivity contribution < 1.29 is 0 Å². The highest BCUT2D eigenvalue weighted by Crippen LogP contribution is 2.42. The zero-order valence-corrected chi connectivity index (χ0v) is 19.3. The maximum Gasteiger partial charge on any atom is 0.0333 e. The van der Waals surface area contributed by atoms with Gasteiger partial charge in [-0.3, -0.25) is 0 Å². The van der Waals surface area contributed by atoms with Crippen LogP contribution < -0.4 is 5.73 Å². The summed E-state index contributed by atoms with van der Waals surface area (Å²) >= 11 is 14.8. The van der Waals surface area contributed by atoms with E-state index in [4.69, 9.17) is 5.73 Å². The third kappa shape index (κ3) is 3.80. The molecule has 0 bridgehead atoms. The maximum atomic E-state index is 5.94. The van der Waals surface area contributed by atoms with Crippen LogP contribution in [-0.4, -0.2) is 6.04 Å². The van der Waals surface area contributed by atoms with Crippen molar-refractivity contribution in [2.75, 3.05) is 0 Å². The van der Waals surface area contributed by atoms with Crippen molar-refractivity contribution in [1.82, 2.24) is 0 Å². The van der Waals surface area contributed by atoms with Gasteiger partial charge in [0.25, 0.3) is 0 Å². The van der Waals surface area contributed by atoms with Crippen LogP contribution in [0.5, 0.6) is 0 Å². The molecule has 2 N–H and O–H groups in total. The van der Waals surface area contributed by atoms with Crippen molar-refractivity contribution in [3.8, 4) is 11.1 Å². The number of hydrogen-bond acceptors (Lipinski definition) is 1. The van der Waals surface area contributed by atoms with Gasteiger partial charge in [0.15, 0.2) is 0 Å². The predicted molar refractivity (Wildman–Crippen MR) is 118 cm³/mol. The average Bonchev–Trinajstić information content (AvgIpc) is 2.53. The summed E-state index contributed by atoms with van der Waals surface area (Å²) in [6, 6.07) is 15.0. The Morgan fingerprint density at radius 3 is 2.29 bits per heavy atom. The lowest BCUT2D eigenvalue weighted by Crippen LogP contribution is -2.17. The van der Waals surface area contributed by atoms with Crippen LogP contribution in [0, 0.1) is 0 Å². The van der Waals surface area contributed by atoms with Gasteiger partial charge in [0.1, 0.15) is 0 Å². The first-order valence-electron chi connectivity index (χ1n) is 7.48. The van der Waals surface area contributed by atoms with Crippen LogP contribution in [0.3, 0.4) is 0 Å². The first kappa shape index (κ1) is 18.6. The van der Waals surface area contributed by atoms with E-state index in [0.717, 1.165) is 35.4 Å². The summed E-state index contributed by atoms with van der Waals surface area (Å²) in [5.41, 5.74) is 9.47. The second-order valence-corrected chi connectivity index (χ2v) is 9.32. The molecule has 3 aromatic rings. The summed E-state index contributed by atoms with van der Waals surface area (Å²) in [4.78, 5) is 0. The summed E-state index contributed by atoms with van der Waals surface area (Å²) in [5.74, 6) is 0. The molecule has 0 aliphatic rings. The highest BCUT2D eigenvalue weighted by atomic mass is 79.9. The van der Waals surface area contributed by atoms with Gasteiger partial charge in [-0.05, 0) is 87.1 Å². The Bertz CT molecular complexity index is 919. The predicted octanol–water partition coefficient (Wildman–Crippen LogP) is 7.45. The molecule has 0 heterocycles. The molecule has 0 spiro atoms. The van der Waals surface area contributed by atoms with E-state index >= 15 is 0 Å². The number of benzene rings is 3. The molecule has 3 aromatic carbocycles. The summed E-state index contributed by atoms with van der Waals surface area (Å²) in [5, 5.41) is 2.37.